The molecule has 3 rings (SSSR count). The van der Waals surface area contributed by atoms with Gasteiger partial charge in [-0.25, -0.2) is 0 Å². The predicted octanol–water partition coefficient (Wildman–Crippen LogP) is 4.89. The molecule has 0 aromatic heterocycles. The molecule has 0 atom stereocenters. The van der Waals surface area contributed by atoms with Crippen molar-refractivity contribution >= 4 is 16.2 Å². The average molecular weight is 342 g/mol. The van der Waals surface area contributed by atoms with Crippen LogP contribution in [0.2, 0.25) is 0 Å². The third kappa shape index (κ3) is 4.50. The number of carbonyl (C=O) groups is 1. The van der Waals surface area contributed by atoms with Crippen LogP contribution in [0.3, 0.4) is 0 Å². The van der Waals surface area contributed by atoms with Crippen LogP contribution in [0.1, 0.15) is 63.9 Å². The van der Waals surface area contributed by atoms with Crippen molar-refractivity contribution in [1.29, 1.82) is 0 Å². The van der Waals surface area contributed by atoms with Crippen molar-refractivity contribution in [3.63, 3.8) is 0 Å². The Morgan fingerprint density at radius 1 is 0.958 bits per heavy atom. The van der Waals surface area contributed by atoms with Crippen molar-refractivity contribution < 1.29 is 9.53 Å². The standard InChI is InChI=1S/C21H29O2Si/c1-15-2-6-17(7-3-15)18-8-10-19(11-9-18)21(22)23-20-12-4-16(14-24)5-13-20/h4-5,12-13,15,17-19H,2-3,6-11,14H2,1H3. The summed E-state index contributed by atoms with van der Waals surface area (Å²) in [6.07, 6.45) is 10.0. The molecule has 0 spiro atoms. The van der Waals surface area contributed by atoms with Crippen LogP contribution in [0.4, 0.5) is 0 Å². The van der Waals surface area contributed by atoms with Gasteiger partial charge < -0.3 is 4.74 Å². The zero-order chi connectivity index (χ0) is 16.9. The first-order chi connectivity index (χ1) is 11.7. The van der Waals surface area contributed by atoms with E-state index < -0.39 is 0 Å². The van der Waals surface area contributed by atoms with Crippen LogP contribution < -0.4 is 4.74 Å². The summed E-state index contributed by atoms with van der Waals surface area (Å²) < 4.78 is 5.59. The summed E-state index contributed by atoms with van der Waals surface area (Å²) in [7, 11) is 3.48. The third-order valence-corrected chi connectivity index (χ3v) is 6.59. The largest absolute Gasteiger partial charge is 0.426 e. The van der Waals surface area contributed by atoms with Crippen LogP contribution in [0.25, 0.3) is 0 Å². The van der Waals surface area contributed by atoms with Gasteiger partial charge in [0.2, 0.25) is 0 Å². The Kier molecular flexibility index (Phi) is 6.15. The maximum absolute atomic E-state index is 12.4. The molecule has 0 saturated heterocycles. The van der Waals surface area contributed by atoms with Gasteiger partial charge in [0, 0.05) is 10.2 Å². The van der Waals surface area contributed by atoms with Crippen LogP contribution >= 0.6 is 0 Å². The molecule has 0 bridgehead atoms. The molecule has 3 radical (unpaired) electrons. The Morgan fingerprint density at radius 3 is 2.04 bits per heavy atom. The van der Waals surface area contributed by atoms with Gasteiger partial charge in [-0.05, 0) is 74.5 Å². The number of benzene rings is 1. The number of hydrogen-bond acceptors (Lipinski definition) is 2. The second-order valence-electron chi connectivity index (χ2n) is 7.87. The molecule has 2 saturated carbocycles. The minimum atomic E-state index is -0.0307. The van der Waals surface area contributed by atoms with E-state index in [1.807, 2.05) is 24.3 Å². The van der Waals surface area contributed by atoms with Crippen molar-refractivity contribution in [1.82, 2.24) is 0 Å². The molecule has 3 heteroatoms. The van der Waals surface area contributed by atoms with Gasteiger partial charge in [-0.1, -0.05) is 37.5 Å². The molecule has 129 valence electrons. The maximum Gasteiger partial charge on any atom is 0.314 e. The quantitative estimate of drug-likeness (QED) is 0.442. The normalized spacial score (nSPS) is 30.8. The minimum absolute atomic E-state index is 0.0307. The van der Waals surface area contributed by atoms with E-state index in [1.165, 1.54) is 44.1 Å². The molecule has 24 heavy (non-hydrogen) atoms. The molecule has 1 aromatic rings. The van der Waals surface area contributed by atoms with Crippen LogP contribution in [0, 0.1) is 23.7 Å². The topological polar surface area (TPSA) is 26.3 Å². The smallest absolute Gasteiger partial charge is 0.314 e. The summed E-state index contributed by atoms with van der Waals surface area (Å²) in [5.74, 6) is 3.42. The molecule has 0 heterocycles. The fraction of sp³-hybridized carbons (Fsp3) is 0.667. The van der Waals surface area contributed by atoms with Crippen LogP contribution in [0.15, 0.2) is 24.3 Å². The molecular formula is C21H29O2Si. The van der Waals surface area contributed by atoms with Crippen molar-refractivity contribution in [3.8, 4) is 5.75 Å². The zero-order valence-corrected chi connectivity index (χ0v) is 15.8. The molecule has 2 fully saturated rings. The van der Waals surface area contributed by atoms with E-state index in [4.69, 9.17) is 4.74 Å². The zero-order valence-electron chi connectivity index (χ0n) is 14.8. The summed E-state index contributed by atoms with van der Waals surface area (Å²) in [4.78, 5) is 12.4. The fourth-order valence-corrected chi connectivity index (χ4v) is 4.69. The fourth-order valence-electron chi connectivity index (χ4n) is 4.46. The van der Waals surface area contributed by atoms with Gasteiger partial charge in [0.1, 0.15) is 5.75 Å². The number of esters is 1. The molecule has 0 unspecified atom stereocenters. The third-order valence-electron chi connectivity index (χ3n) is 6.18. The Balaban J connectivity index is 1.46. The van der Waals surface area contributed by atoms with E-state index in [1.54, 1.807) is 0 Å². The number of rotatable bonds is 4. The molecular weight excluding hydrogens is 312 g/mol. The van der Waals surface area contributed by atoms with Crippen LogP contribution in [0.5, 0.6) is 5.75 Å². The first-order valence-electron chi connectivity index (χ1n) is 9.61. The van der Waals surface area contributed by atoms with Crippen LogP contribution in [-0.2, 0) is 10.8 Å². The summed E-state index contributed by atoms with van der Waals surface area (Å²) in [5.41, 5.74) is 1.19. The monoisotopic (exact) mass is 341 g/mol. The summed E-state index contributed by atoms with van der Waals surface area (Å²) in [6.45, 7) is 2.38. The van der Waals surface area contributed by atoms with Gasteiger partial charge >= 0.3 is 5.97 Å². The number of carbonyl (C=O) groups excluding carboxylic acids is 1. The lowest BCUT2D eigenvalue weighted by atomic mass is 9.69. The van der Waals surface area contributed by atoms with Crippen LogP contribution in [-0.4, -0.2) is 16.2 Å². The van der Waals surface area contributed by atoms with Crippen molar-refractivity contribution in [2.75, 3.05) is 0 Å². The van der Waals surface area contributed by atoms with Gasteiger partial charge in [0.25, 0.3) is 0 Å². The van der Waals surface area contributed by atoms with Gasteiger partial charge in [-0.15, -0.1) is 0 Å². The first kappa shape index (κ1) is 17.7. The van der Waals surface area contributed by atoms with Gasteiger partial charge in [0.05, 0.1) is 5.92 Å². The van der Waals surface area contributed by atoms with Gasteiger partial charge in [0.15, 0.2) is 0 Å². The number of hydrogen-bond donors (Lipinski definition) is 0. The Labute approximate surface area is 149 Å². The van der Waals surface area contributed by atoms with E-state index in [0.717, 1.165) is 36.6 Å². The highest BCUT2D eigenvalue weighted by atomic mass is 28.1. The van der Waals surface area contributed by atoms with E-state index in [0.29, 0.717) is 5.75 Å². The van der Waals surface area contributed by atoms with Gasteiger partial charge in [-0.2, -0.15) is 0 Å². The lowest BCUT2D eigenvalue weighted by Crippen LogP contribution is -2.29. The lowest BCUT2D eigenvalue weighted by molar-refractivity contribution is -0.140. The van der Waals surface area contributed by atoms with E-state index in [-0.39, 0.29) is 11.9 Å². The summed E-state index contributed by atoms with van der Waals surface area (Å²) in [6, 6.07) is 8.59. The highest BCUT2D eigenvalue weighted by Gasteiger charge is 2.33. The SMILES string of the molecule is CC1CCC(C2CCC(C(=O)Oc3ccc(C[Si])cc3)CC2)CC1. The molecule has 2 aliphatic rings. The van der Waals surface area contributed by atoms with Crippen molar-refractivity contribution in [2.45, 2.75) is 64.3 Å². The maximum atomic E-state index is 12.4. The van der Waals surface area contributed by atoms with E-state index in [2.05, 4.69) is 17.2 Å². The Bertz CT molecular complexity index is 523. The van der Waals surface area contributed by atoms with E-state index in [9.17, 15) is 4.79 Å². The molecule has 1 aromatic carbocycles. The highest BCUT2D eigenvalue weighted by molar-refractivity contribution is 6.08. The average Bonchev–Trinajstić information content (AvgIpc) is 2.63. The highest BCUT2D eigenvalue weighted by Crippen LogP contribution is 2.41. The first-order valence-corrected chi connectivity index (χ1v) is 10.3. The second-order valence-corrected chi connectivity index (χ2v) is 8.23. The molecule has 0 aliphatic heterocycles. The van der Waals surface area contributed by atoms with Crippen molar-refractivity contribution in [3.05, 3.63) is 29.8 Å². The van der Waals surface area contributed by atoms with E-state index >= 15 is 0 Å². The van der Waals surface area contributed by atoms with Gasteiger partial charge in [-0.3, -0.25) is 4.79 Å². The summed E-state index contributed by atoms with van der Waals surface area (Å²) in [5, 5.41) is 0. The summed E-state index contributed by atoms with van der Waals surface area (Å²) >= 11 is 0. The Morgan fingerprint density at radius 2 is 1.50 bits per heavy atom. The molecule has 0 amide bonds. The predicted molar refractivity (Wildman–Crippen MR) is 98.1 cm³/mol. The minimum Gasteiger partial charge on any atom is -0.426 e. The second kappa shape index (κ2) is 8.33. The van der Waals surface area contributed by atoms with Crippen molar-refractivity contribution in [2.24, 2.45) is 23.7 Å². The molecule has 2 nitrogen and oxygen atoms in total. The lowest BCUT2D eigenvalue weighted by Gasteiger charge is -2.36. The number of ether oxygens (including phenoxy) is 1. The molecule has 2 aliphatic carbocycles. The molecule has 0 N–H and O–H groups in total. The Hall–Kier alpha value is -1.09.